The molecule has 0 spiro atoms. The maximum atomic E-state index is 14.2. The first-order chi connectivity index (χ1) is 24.7. The Kier molecular flexibility index (Phi) is 9.96. The summed E-state index contributed by atoms with van der Waals surface area (Å²) in [5.74, 6) is 1.08. The third-order valence-electron chi connectivity index (χ3n) is 11.4. The fraction of sp³-hybridized carbons (Fsp3) is 0.357. The summed E-state index contributed by atoms with van der Waals surface area (Å²) in [6, 6.07) is 31.9. The van der Waals surface area contributed by atoms with E-state index in [0.29, 0.717) is 18.4 Å². The van der Waals surface area contributed by atoms with Gasteiger partial charge in [-0.3, -0.25) is 9.59 Å². The molecule has 5 atom stereocenters. The van der Waals surface area contributed by atoms with Crippen LogP contribution in [0.3, 0.4) is 0 Å². The number of carbonyl (C=O) groups excluding carboxylic acids is 1. The van der Waals surface area contributed by atoms with Crippen LogP contribution in [0.1, 0.15) is 36.5 Å². The van der Waals surface area contributed by atoms with E-state index < -0.39 is 8.07 Å². The smallest absolute Gasteiger partial charge is 0.279 e. The number of rotatable bonds is 10. The number of nitrogens with zero attached hydrogens (tertiary/aromatic N) is 3. The minimum Gasteiger partial charge on any atom is -0.497 e. The van der Waals surface area contributed by atoms with Gasteiger partial charge in [0.2, 0.25) is 5.91 Å². The molecule has 0 radical (unpaired) electrons. The number of benzene rings is 4. The second kappa shape index (κ2) is 14.6. The lowest BCUT2D eigenvalue weighted by Crippen LogP contribution is -2.52. The highest BCUT2D eigenvalue weighted by molar-refractivity contribution is 6.91. The molecule has 8 nitrogen and oxygen atoms in total. The first-order valence-electron chi connectivity index (χ1n) is 18.0. The van der Waals surface area contributed by atoms with Crippen molar-refractivity contribution in [2.45, 2.75) is 76.0 Å². The number of ether oxygens (including phenoxy) is 2. The van der Waals surface area contributed by atoms with Crippen LogP contribution in [0.2, 0.25) is 18.6 Å². The number of aryl methyl sites for hydroxylation is 1. The topological polar surface area (TPSA) is 93.9 Å². The molecule has 1 amide bonds. The maximum Gasteiger partial charge on any atom is 0.279 e. The van der Waals surface area contributed by atoms with Crippen molar-refractivity contribution in [2.75, 3.05) is 13.7 Å². The molecule has 0 aliphatic carbocycles. The number of amides is 1. The summed E-state index contributed by atoms with van der Waals surface area (Å²) in [4.78, 5) is 29.4. The van der Waals surface area contributed by atoms with Gasteiger partial charge in [0.1, 0.15) is 5.75 Å². The molecule has 1 fully saturated rings. The van der Waals surface area contributed by atoms with Gasteiger partial charge in [-0.05, 0) is 77.7 Å². The van der Waals surface area contributed by atoms with E-state index in [4.69, 9.17) is 9.47 Å². The molecule has 1 N–H and O–H groups in total. The largest absolute Gasteiger partial charge is 0.497 e. The number of aromatic nitrogens is 2. The molecule has 5 aromatic rings. The number of hydrogen-bond donors (Lipinski definition) is 1. The van der Waals surface area contributed by atoms with E-state index in [9.17, 15) is 14.7 Å². The second-order valence-electron chi connectivity index (χ2n) is 14.7. The van der Waals surface area contributed by atoms with Gasteiger partial charge in [-0.15, -0.1) is 0 Å². The van der Waals surface area contributed by atoms with Crippen LogP contribution in [0.15, 0.2) is 108 Å². The van der Waals surface area contributed by atoms with Crippen LogP contribution in [0, 0.1) is 5.92 Å². The normalized spacial score (nSPS) is 21.8. The number of hydrogen-bond acceptors (Lipinski definition) is 6. The average Bonchev–Trinajstić information content (AvgIpc) is 3.48. The van der Waals surface area contributed by atoms with Gasteiger partial charge in [-0.25, -0.2) is 0 Å². The zero-order chi connectivity index (χ0) is 35.7. The summed E-state index contributed by atoms with van der Waals surface area (Å²) >= 11 is 0. The lowest BCUT2D eigenvalue weighted by Gasteiger charge is -2.39. The van der Waals surface area contributed by atoms with Crippen molar-refractivity contribution in [3.8, 4) is 11.4 Å². The van der Waals surface area contributed by atoms with Crippen LogP contribution in [0.4, 0.5) is 0 Å². The van der Waals surface area contributed by atoms with Crippen molar-refractivity contribution in [1.29, 1.82) is 0 Å². The summed E-state index contributed by atoms with van der Waals surface area (Å²) < 4.78 is 13.9. The van der Waals surface area contributed by atoms with Crippen molar-refractivity contribution >= 4 is 29.9 Å². The second-order valence-corrected chi connectivity index (χ2v) is 19.4. The van der Waals surface area contributed by atoms with E-state index in [1.54, 1.807) is 13.3 Å². The summed E-state index contributed by atoms with van der Waals surface area (Å²) in [6.07, 6.45) is 3.93. The molecule has 0 unspecified atom stereocenters. The summed E-state index contributed by atoms with van der Waals surface area (Å²) in [6.45, 7) is 7.51. The molecule has 0 bridgehead atoms. The van der Waals surface area contributed by atoms with Crippen LogP contribution in [0.5, 0.6) is 5.75 Å². The molecule has 2 aliphatic rings. The molecular weight excluding hydrogens is 655 g/mol. The Morgan fingerprint density at radius 1 is 0.961 bits per heavy atom. The Morgan fingerprint density at radius 2 is 1.71 bits per heavy atom. The average molecular weight is 702 g/mol. The molecule has 4 aromatic carbocycles. The molecular formula is C42H47N3O5Si. The summed E-state index contributed by atoms with van der Waals surface area (Å²) in [5.41, 5.74) is 4.23. The van der Waals surface area contributed by atoms with Gasteiger partial charge in [0.05, 0.1) is 63.7 Å². The number of aliphatic hydroxyl groups is 1. The Bertz CT molecular complexity index is 2080. The van der Waals surface area contributed by atoms with E-state index in [1.807, 2.05) is 71.6 Å². The van der Waals surface area contributed by atoms with Crippen LogP contribution < -0.4 is 15.5 Å². The van der Waals surface area contributed by atoms with Crippen LogP contribution >= 0.6 is 0 Å². The zero-order valence-corrected chi connectivity index (χ0v) is 30.9. The number of methoxy groups -OCH3 is 1. The van der Waals surface area contributed by atoms with Crippen LogP contribution in [-0.4, -0.2) is 65.7 Å². The standard InChI is InChI=1S/C42H47N3O5Si/c1-28-38(21-16-29-10-9-14-33(22-29)45-42(48)37-15-8-7-12-31(37)25-43-45)50-39(41(28)51(3,4)36-19-17-35(49-2)18-20-36)24-40(47)44-26-32-13-6-5-11-30(32)23-34(44)27-46/h5-15,17-20,22,25,28,34,38-39,41,46H,16,21,23-24,26-27H2,1-4H3/t28-,34-,38+,39-,41+/m0/s1. The SMILES string of the molecule is COc1ccc([Si](C)(C)[C@@H]2[C@@H](C)[C@@H](CCc3cccc(-n4ncc5ccccc5c4=O)c3)O[C@H]2CC(=O)N2Cc3ccccc3C[C@H]2CO)cc1. The summed E-state index contributed by atoms with van der Waals surface area (Å²) in [7, 11) is -0.504. The minimum absolute atomic E-state index is 0.0342. The number of fused-ring (bicyclic) bond motifs is 2. The third-order valence-corrected chi connectivity index (χ3v) is 15.8. The molecule has 3 heterocycles. The van der Waals surface area contributed by atoms with Crippen molar-refractivity contribution < 1.29 is 19.4 Å². The molecule has 9 heteroatoms. The van der Waals surface area contributed by atoms with Crippen molar-refractivity contribution in [2.24, 2.45) is 5.92 Å². The fourth-order valence-electron chi connectivity index (χ4n) is 8.60. The highest BCUT2D eigenvalue weighted by Crippen LogP contribution is 2.47. The number of aliphatic hydroxyl groups excluding tert-OH is 1. The van der Waals surface area contributed by atoms with Gasteiger partial charge < -0.3 is 19.5 Å². The van der Waals surface area contributed by atoms with E-state index in [-0.39, 0.29) is 54.2 Å². The highest BCUT2D eigenvalue weighted by Gasteiger charge is 2.51. The Hall–Kier alpha value is -4.57. The molecule has 0 saturated carbocycles. The number of carbonyl (C=O) groups is 1. The van der Waals surface area contributed by atoms with E-state index in [1.165, 1.54) is 15.4 Å². The van der Waals surface area contributed by atoms with Gasteiger partial charge in [-0.1, -0.05) is 91.9 Å². The van der Waals surface area contributed by atoms with Crippen LogP contribution in [0.25, 0.3) is 16.5 Å². The van der Waals surface area contributed by atoms with Gasteiger partial charge in [0, 0.05) is 11.9 Å². The van der Waals surface area contributed by atoms with Crippen molar-refractivity contribution in [1.82, 2.24) is 14.7 Å². The maximum absolute atomic E-state index is 14.2. The van der Waals surface area contributed by atoms with Gasteiger partial charge >= 0.3 is 0 Å². The Labute approximate surface area is 300 Å². The van der Waals surface area contributed by atoms with E-state index >= 15 is 0 Å². The summed E-state index contributed by atoms with van der Waals surface area (Å²) in [5, 5.41) is 17.6. The first-order valence-corrected chi connectivity index (χ1v) is 21.1. The predicted octanol–water partition coefficient (Wildman–Crippen LogP) is 6.05. The molecule has 264 valence electrons. The van der Waals surface area contributed by atoms with Gasteiger partial charge in [0.25, 0.3) is 5.56 Å². The van der Waals surface area contributed by atoms with Gasteiger partial charge in [0.15, 0.2) is 0 Å². The Morgan fingerprint density at radius 3 is 2.47 bits per heavy atom. The van der Waals surface area contributed by atoms with Crippen molar-refractivity contribution in [3.63, 3.8) is 0 Å². The molecule has 1 saturated heterocycles. The highest BCUT2D eigenvalue weighted by atomic mass is 28.3. The van der Waals surface area contributed by atoms with Crippen molar-refractivity contribution in [3.05, 3.63) is 130 Å². The molecule has 7 rings (SSSR count). The van der Waals surface area contributed by atoms with Gasteiger partial charge in [-0.2, -0.15) is 9.78 Å². The zero-order valence-electron chi connectivity index (χ0n) is 29.9. The Balaban J connectivity index is 1.13. The first kappa shape index (κ1) is 34.9. The lowest BCUT2D eigenvalue weighted by atomic mass is 9.93. The molecule has 51 heavy (non-hydrogen) atoms. The predicted molar refractivity (Wildman–Crippen MR) is 204 cm³/mol. The lowest BCUT2D eigenvalue weighted by molar-refractivity contribution is -0.138. The minimum atomic E-state index is -2.19. The quantitative estimate of drug-likeness (QED) is 0.178. The fourth-order valence-corrected chi connectivity index (χ4v) is 12.7. The molecule has 1 aromatic heterocycles. The van der Waals surface area contributed by atoms with Crippen LogP contribution in [-0.2, 0) is 28.9 Å². The monoisotopic (exact) mass is 701 g/mol. The van der Waals surface area contributed by atoms with E-state index in [2.05, 4.69) is 55.4 Å². The van der Waals surface area contributed by atoms with E-state index in [0.717, 1.165) is 40.8 Å². The third kappa shape index (κ3) is 6.90. The molecule has 2 aliphatic heterocycles.